The van der Waals surface area contributed by atoms with Gasteiger partial charge < -0.3 is 9.84 Å². The Labute approximate surface area is 110 Å². The number of carboxylic acids is 1. The molecule has 104 valence electrons. The summed E-state index contributed by atoms with van der Waals surface area (Å²) in [5.41, 5.74) is 0.400. The molecule has 4 atom stereocenters. The minimum atomic E-state index is -0.845. The van der Waals surface area contributed by atoms with E-state index in [0.717, 1.165) is 12.3 Å². The maximum atomic E-state index is 10.7. The second-order valence-electron chi connectivity index (χ2n) is 7.01. The van der Waals surface area contributed by atoms with E-state index in [1.807, 2.05) is 0 Å². The standard InChI is InChI=1S/C15H26O3/c1-4-11-5-10-6-12(8-15(2,3)7-10)14(11)18-9-13(16)17/h10-12,14H,4-9H2,1-3H3,(H,16,17). The lowest BCUT2D eigenvalue weighted by molar-refractivity contribution is -0.152. The van der Waals surface area contributed by atoms with Crippen molar-refractivity contribution in [2.75, 3.05) is 6.61 Å². The van der Waals surface area contributed by atoms with Crippen LogP contribution in [-0.2, 0) is 9.53 Å². The van der Waals surface area contributed by atoms with E-state index < -0.39 is 5.97 Å². The first-order valence-corrected chi connectivity index (χ1v) is 7.24. The predicted octanol–water partition coefficient (Wildman–Crippen LogP) is 3.33. The van der Waals surface area contributed by atoms with Gasteiger partial charge in [-0.25, -0.2) is 4.79 Å². The highest BCUT2D eigenvalue weighted by atomic mass is 16.5. The zero-order valence-electron chi connectivity index (χ0n) is 11.8. The van der Waals surface area contributed by atoms with E-state index in [1.54, 1.807) is 0 Å². The summed E-state index contributed by atoms with van der Waals surface area (Å²) in [5.74, 6) is 1.11. The summed E-state index contributed by atoms with van der Waals surface area (Å²) in [4.78, 5) is 10.7. The van der Waals surface area contributed by atoms with Crippen LogP contribution in [0.4, 0.5) is 0 Å². The Balaban J connectivity index is 2.06. The van der Waals surface area contributed by atoms with Crippen LogP contribution in [0.1, 0.15) is 52.9 Å². The summed E-state index contributed by atoms with van der Waals surface area (Å²) < 4.78 is 5.73. The van der Waals surface area contributed by atoms with Crippen molar-refractivity contribution in [2.24, 2.45) is 23.2 Å². The Kier molecular flexibility index (Phi) is 4.00. The van der Waals surface area contributed by atoms with E-state index in [-0.39, 0.29) is 12.7 Å². The molecule has 2 saturated carbocycles. The number of hydrogen-bond acceptors (Lipinski definition) is 2. The molecular formula is C15H26O3. The van der Waals surface area contributed by atoms with Gasteiger partial charge in [-0.1, -0.05) is 27.2 Å². The van der Waals surface area contributed by atoms with Crippen molar-refractivity contribution in [1.82, 2.24) is 0 Å². The molecule has 0 aromatic rings. The molecule has 0 aliphatic heterocycles. The summed E-state index contributed by atoms with van der Waals surface area (Å²) in [6.07, 6.45) is 6.25. The zero-order chi connectivity index (χ0) is 13.3. The lowest BCUT2D eigenvalue weighted by atomic mass is 9.58. The molecule has 0 amide bonds. The number of rotatable bonds is 4. The minimum Gasteiger partial charge on any atom is -0.480 e. The Hall–Kier alpha value is -0.570. The van der Waals surface area contributed by atoms with Gasteiger partial charge in [0.2, 0.25) is 0 Å². The van der Waals surface area contributed by atoms with Gasteiger partial charge in [0.25, 0.3) is 0 Å². The molecule has 0 heterocycles. The molecule has 1 N–H and O–H groups in total. The van der Waals surface area contributed by atoms with Crippen molar-refractivity contribution in [1.29, 1.82) is 0 Å². The maximum absolute atomic E-state index is 10.7. The molecule has 2 aliphatic rings. The number of fused-ring (bicyclic) bond motifs is 2. The van der Waals surface area contributed by atoms with Crippen molar-refractivity contribution in [3.8, 4) is 0 Å². The highest BCUT2D eigenvalue weighted by Crippen LogP contribution is 2.51. The molecule has 4 unspecified atom stereocenters. The second-order valence-corrected chi connectivity index (χ2v) is 7.01. The van der Waals surface area contributed by atoms with E-state index in [4.69, 9.17) is 9.84 Å². The molecule has 0 aromatic heterocycles. The van der Waals surface area contributed by atoms with Crippen LogP contribution in [0.25, 0.3) is 0 Å². The largest absolute Gasteiger partial charge is 0.480 e. The van der Waals surface area contributed by atoms with Gasteiger partial charge >= 0.3 is 5.97 Å². The van der Waals surface area contributed by atoms with Gasteiger partial charge in [0.1, 0.15) is 6.61 Å². The Morgan fingerprint density at radius 1 is 1.33 bits per heavy atom. The van der Waals surface area contributed by atoms with Gasteiger partial charge in [-0.3, -0.25) is 0 Å². The van der Waals surface area contributed by atoms with Crippen molar-refractivity contribution < 1.29 is 14.6 Å². The number of hydrogen-bond donors (Lipinski definition) is 1. The summed E-state index contributed by atoms with van der Waals surface area (Å²) in [6, 6.07) is 0. The number of ether oxygens (including phenoxy) is 1. The van der Waals surface area contributed by atoms with Crippen LogP contribution in [0.15, 0.2) is 0 Å². The fraction of sp³-hybridized carbons (Fsp3) is 0.933. The molecule has 2 bridgehead atoms. The van der Waals surface area contributed by atoms with Crippen LogP contribution in [0.5, 0.6) is 0 Å². The number of carboxylic acid groups (broad SMARTS) is 1. The number of carbonyl (C=O) groups is 1. The quantitative estimate of drug-likeness (QED) is 0.837. The molecule has 0 radical (unpaired) electrons. The lowest BCUT2D eigenvalue weighted by Crippen LogP contribution is -2.46. The Morgan fingerprint density at radius 2 is 2.06 bits per heavy atom. The minimum absolute atomic E-state index is 0.136. The summed E-state index contributed by atoms with van der Waals surface area (Å²) in [6.45, 7) is 6.75. The highest BCUT2D eigenvalue weighted by molar-refractivity contribution is 5.68. The van der Waals surface area contributed by atoms with Crippen molar-refractivity contribution in [3.63, 3.8) is 0 Å². The second kappa shape index (κ2) is 5.20. The average Bonchev–Trinajstić information content (AvgIpc) is 2.24. The topological polar surface area (TPSA) is 46.5 Å². The van der Waals surface area contributed by atoms with Gasteiger partial charge in [0.15, 0.2) is 0 Å². The van der Waals surface area contributed by atoms with E-state index >= 15 is 0 Å². The van der Waals surface area contributed by atoms with Crippen LogP contribution >= 0.6 is 0 Å². The summed E-state index contributed by atoms with van der Waals surface area (Å²) >= 11 is 0. The Morgan fingerprint density at radius 3 is 2.67 bits per heavy atom. The highest BCUT2D eigenvalue weighted by Gasteiger charge is 2.45. The van der Waals surface area contributed by atoms with Crippen molar-refractivity contribution >= 4 is 5.97 Å². The molecule has 2 rings (SSSR count). The van der Waals surface area contributed by atoms with Crippen molar-refractivity contribution in [3.05, 3.63) is 0 Å². The first-order chi connectivity index (χ1) is 8.41. The fourth-order valence-corrected chi connectivity index (χ4v) is 4.39. The van der Waals surface area contributed by atoms with E-state index in [0.29, 0.717) is 17.3 Å². The van der Waals surface area contributed by atoms with Gasteiger partial charge in [-0.05, 0) is 48.9 Å². The van der Waals surface area contributed by atoms with E-state index in [2.05, 4.69) is 20.8 Å². The van der Waals surface area contributed by atoms with E-state index in [9.17, 15) is 4.79 Å². The van der Waals surface area contributed by atoms with Crippen LogP contribution in [0, 0.1) is 23.2 Å². The molecular weight excluding hydrogens is 228 g/mol. The SMILES string of the molecule is CCC1CC2CC(CC(C)(C)C2)C1OCC(=O)O. The summed E-state index contributed by atoms with van der Waals surface area (Å²) in [7, 11) is 0. The van der Waals surface area contributed by atoms with Gasteiger partial charge in [0.05, 0.1) is 6.10 Å². The molecule has 3 heteroatoms. The monoisotopic (exact) mass is 254 g/mol. The van der Waals surface area contributed by atoms with Crippen LogP contribution < -0.4 is 0 Å². The van der Waals surface area contributed by atoms with Crippen LogP contribution in [-0.4, -0.2) is 23.8 Å². The number of aliphatic carboxylic acids is 1. The third-order valence-corrected chi connectivity index (χ3v) is 4.78. The lowest BCUT2D eigenvalue weighted by Gasteiger charge is -2.50. The predicted molar refractivity (Wildman–Crippen MR) is 70.4 cm³/mol. The van der Waals surface area contributed by atoms with Gasteiger partial charge in [-0.15, -0.1) is 0 Å². The van der Waals surface area contributed by atoms with Crippen molar-refractivity contribution in [2.45, 2.75) is 59.0 Å². The first kappa shape index (κ1) is 13.9. The summed E-state index contributed by atoms with van der Waals surface area (Å²) in [5, 5.41) is 8.81. The van der Waals surface area contributed by atoms with Crippen LogP contribution in [0.2, 0.25) is 0 Å². The molecule has 3 nitrogen and oxygen atoms in total. The third-order valence-electron chi connectivity index (χ3n) is 4.78. The molecule has 0 spiro atoms. The molecule has 2 aliphatic carbocycles. The smallest absolute Gasteiger partial charge is 0.329 e. The van der Waals surface area contributed by atoms with Gasteiger partial charge in [-0.2, -0.15) is 0 Å². The van der Waals surface area contributed by atoms with Crippen LogP contribution in [0.3, 0.4) is 0 Å². The maximum Gasteiger partial charge on any atom is 0.329 e. The molecule has 18 heavy (non-hydrogen) atoms. The van der Waals surface area contributed by atoms with E-state index in [1.165, 1.54) is 25.7 Å². The third kappa shape index (κ3) is 3.05. The fourth-order valence-electron chi connectivity index (χ4n) is 4.39. The molecule has 0 aromatic carbocycles. The Bertz CT molecular complexity index is 311. The normalized spacial score (nSPS) is 38.4. The molecule has 0 saturated heterocycles. The van der Waals surface area contributed by atoms with Gasteiger partial charge in [0, 0.05) is 0 Å². The first-order valence-electron chi connectivity index (χ1n) is 7.24. The zero-order valence-corrected chi connectivity index (χ0v) is 11.8. The molecule has 2 fully saturated rings. The average molecular weight is 254 g/mol.